The van der Waals surface area contributed by atoms with E-state index in [9.17, 15) is 9.59 Å². The SMILES string of the molecule is O=C(O)COc1ccc2[nH]c(=O)cnc2c1. The van der Waals surface area contributed by atoms with Crippen molar-refractivity contribution in [2.75, 3.05) is 6.61 Å². The minimum atomic E-state index is -1.05. The number of aliphatic carboxylic acids is 1. The molecule has 0 atom stereocenters. The Labute approximate surface area is 89.5 Å². The first-order valence-electron chi connectivity index (χ1n) is 4.49. The molecule has 0 aliphatic rings. The second kappa shape index (κ2) is 4.01. The van der Waals surface area contributed by atoms with Crippen molar-refractivity contribution in [3.8, 4) is 5.75 Å². The molecule has 2 aromatic rings. The van der Waals surface area contributed by atoms with Crippen LogP contribution in [0.2, 0.25) is 0 Å². The van der Waals surface area contributed by atoms with Gasteiger partial charge in [-0.3, -0.25) is 4.79 Å². The number of ether oxygens (including phenoxy) is 1. The second-order valence-corrected chi connectivity index (χ2v) is 3.11. The van der Waals surface area contributed by atoms with E-state index in [1.165, 1.54) is 0 Å². The molecular formula is C10H8N2O4. The van der Waals surface area contributed by atoms with Gasteiger partial charge in [-0.1, -0.05) is 0 Å². The zero-order chi connectivity index (χ0) is 11.5. The average molecular weight is 220 g/mol. The lowest BCUT2D eigenvalue weighted by molar-refractivity contribution is -0.139. The molecule has 6 nitrogen and oxygen atoms in total. The van der Waals surface area contributed by atoms with E-state index < -0.39 is 12.6 Å². The van der Waals surface area contributed by atoms with Crippen molar-refractivity contribution in [3.05, 3.63) is 34.7 Å². The maximum Gasteiger partial charge on any atom is 0.341 e. The molecule has 0 aliphatic heterocycles. The van der Waals surface area contributed by atoms with Gasteiger partial charge in [0.2, 0.25) is 0 Å². The maximum atomic E-state index is 11.0. The first-order valence-corrected chi connectivity index (χ1v) is 4.49. The molecule has 0 aliphatic carbocycles. The fourth-order valence-corrected chi connectivity index (χ4v) is 1.25. The summed E-state index contributed by atoms with van der Waals surface area (Å²) in [6, 6.07) is 4.75. The molecule has 82 valence electrons. The minimum absolute atomic E-state index is 0.285. The number of H-pyrrole nitrogens is 1. The van der Waals surface area contributed by atoms with Gasteiger partial charge in [-0.2, -0.15) is 0 Å². The van der Waals surface area contributed by atoms with Gasteiger partial charge in [-0.15, -0.1) is 0 Å². The smallest absolute Gasteiger partial charge is 0.341 e. The predicted molar refractivity (Wildman–Crippen MR) is 55.5 cm³/mol. The third-order valence-electron chi connectivity index (χ3n) is 1.91. The Morgan fingerprint density at radius 3 is 3.06 bits per heavy atom. The van der Waals surface area contributed by atoms with Gasteiger partial charge in [-0.25, -0.2) is 9.78 Å². The molecule has 0 amide bonds. The number of fused-ring (bicyclic) bond motifs is 1. The van der Waals surface area contributed by atoms with E-state index in [2.05, 4.69) is 9.97 Å². The third kappa shape index (κ3) is 2.17. The van der Waals surface area contributed by atoms with Crippen LogP contribution in [0.1, 0.15) is 0 Å². The molecule has 1 heterocycles. The normalized spacial score (nSPS) is 10.2. The molecule has 0 saturated carbocycles. The summed E-state index contributed by atoms with van der Waals surface area (Å²) in [5, 5.41) is 8.44. The highest BCUT2D eigenvalue weighted by atomic mass is 16.5. The van der Waals surface area contributed by atoms with Gasteiger partial charge in [0.25, 0.3) is 5.56 Å². The number of nitrogens with one attached hydrogen (secondary N) is 1. The Bertz CT molecular complexity index is 591. The number of rotatable bonds is 3. The molecule has 0 bridgehead atoms. The second-order valence-electron chi connectivity index (χ2n) is 3.11. The summed E-state index contributed by atoms with van der Waals surface area (Å²) >= 11 is 0. The number of aromatic nitrogens is 2. The fraction of sp³-hybridized carbons (Fsp3) is 0.100. The number of benzene rings is 1. The van der Waals surface area contributed by atoms with Gasteiger partial charge in [0.1, 0.15) is 5.75 Å². The lowest BCUT2D eigenvalue weighted by atomic mass is 10.3. The molecular weight excluding hydrogens is 212 g/mol. The van der Waals surface area contributed by atoms with Crippen LogP contribution in [0.3, 0.4) is 0 Å². The summed E-state index contributed by atoms with van der Waals surface area (Å²) in [6.07, 6.45) is 1.16. The Hall–Kier alpha value is -2.37. The van der Waals surface area contributed by atoms with E-state index in [4.69, 9.17) is 9.84 Å². The number of nitrogens with zero attached hydrogens (tertiary/aromatic N) is 1. The lowest BCUT2D eigenvalue weighted by Crippen LogP contribution is -2.09. The molecule has 0 fully saturated rings. The Balaban J connectivity index is 2.33. The van der Waals surface area contributed by atoms with Crippen molar-refractivity contribution in [1.82, 2.24) is 9.97 Å². The van der Waals surface area contributed by atoms with Crippen molar-refractivity contribution >= 4 is 17.0 Å². The van der Waals surface area contributed by atoms with Gasteiger partial charge >= 0.3 is 5.97 Å². The molecule has 0 spiro atoms. The zero-order valence-electron chi connectivity index (χ0n) is 8.14. The number of carboxylic acids is 1. The van der Waals surface area contributed by atoms with Crippen molar-refractivity contribution in [1.29, 1.82) is 0 Å². The van der Waals surface area contributed by atoms with Crippen LogP contribution >= 0.6 is 0 Å². The predicted octanol–water partition coefficient (Wildman–Crippen LogP) is 0.387. The highest BCUT2D eigenvalue weighted by Crippen LogP contribution is 2.16. The van der Waals surface area contributed by atoms with Crippen LogP contribution in [0.5, 0.6) is 5.75 Å². The Morgan fingerprint density at radius 1 is 1.50 bits per heavy atom. The molecule has 2 rings (SSSR count). The standard InChI is InChI=1S/C10H8N2O4/c13-9-4-11-8-3-6(16-5-10(14)15)1-2-7(8)12-9/h1-4H,5H2,(H,12,13)(H,14,15). The van der Waals surface area contributed by atoms with Crippen LogP contribution in [0.15, 0.2) is 29.2 Å². The van der Waals surface area contributed by atoms with E-state index in [-0.39, 0.29) is 5.56 Å². The van der Waals surface area contributed by atoms with E-state index >= 15 is 0 Å². The zero-order valence-corrected chi connectivity index (χ0v) is 8.14. The van der Waals surface area contributed by atoms with Gasteiger partial charge in [0.15, 0.2) is 6.61 Å². The molecule has 16 heavy (non-hydrogen) atoms. The van der Waals surface area contributed by atoms with Crippen LogP contribution in [0.25, 0.3) is 11.0 Å². The average Bonchev–Trinajstić information content (AvgIpc) is 2.26. The molecule has 1 aromatic heterocycles. The van der Waals surface area contributed by atoms with Crippen molar-refractivity contribution < 1.29 is 14.6 Å². The van der Waals surface area contributed by atoms with Gasteiger partial charge in [0.05, 0.1) is 17.2 Å². The molecule has 6 heteroatoms. The topological polar surface area (TPSA) is 92.3 Å². The third-order valence-corrected chi connectivity index (χ3v) is 1.91. The number of hydrogen-bond acceptors (Lipinski definition) is 4. The summed E-state index contributed by atoms with van der Waals surface area (Å²) in [4.78, 5) is 27.7. The van der Waals surface area contributed by atoms with Gasteiger partial charge in [0, 0.05) is 6.07 Å². The summed E-state index contributed by atoms with van der Waals surface area (Å²) in [5.41, 5.74) is 0.837. The van der Waals surface area contributed by atoms with Crippen LogP contribution in [-0.4, -0.2) is 27.7 Å². The van der Waals surface area contributed by atoms with E-state index in [1.54, 1.807) is 18.2 Å². The number of carbonyl (C=O) groups is 1. The minimum Gasteiger partial charge on any atom is -0.482 e. The Morgan fingerprint density at radius 2 is 2.31 bits per heavy atom. The lowest BCUT2D eigenvalue weighted by Gasteiger charge is -2.03. The molecule has 0 saturated heterocycles. The van der Waals surface area contributed by atoms with Crippen molar-refractivity contribution in [2.24, 2.45) is 0 Å². The molecule has 2 N–H and O–H groups in total. The summed E-state index contributed by atoms with van der Waals surface area (Å²) in [6.45, 7) is -0.408. The summed E-state index contributed by atoms with van der Waals surface area (Å²) < 4.78 is 4.97. The first-order chi connectivity index (χ1) is 7.65. The molecule has 1 aromatic carbocycles. The van der Waals surface area contributed by atoms with Gasteiger partial charge in [-0.05, 0) is 12.1 Å². The summed E-state index contributed by atoms with van der Waals surface area (Å²) in [7, 11) is 0. The van der Waals surface area contributed by atoms with E-state index in [0.717, 1.165) is 6.20 Å². The monoisotopic (exact) mass is 220 g/mol. The Kier molecular flexibility index (Phi) is 2.55. The number of hydrogen-bond donors (Lipinski definition) is 2. The fourth-order valence-electron chi connectivity index (χ4n) is 1.25. The van der Waals surface area contributed by atoms with Crippen LogP contribution in [-0.2, 0) is 4.79 Å². The first kappa shape index (κ1) is 10.2. The largest absolute Gasteiger partial charge is 0.482 e. The maximum absolute atomic E-state index is 11.0. The molecule has 0 unspecified atom stereocenters. The number of carboxylic acid groups (broad SMARTS) is 1. The molecule has 0 radical (unpaired) electrons. The highest BCUT2D eigenvalue weighted by molar-refractivity contribution is 5.75. The van der Waals surface area contributed by atoms with Crippen LogP contribution in [0, 0.1) is 0 Å². The van der Waals surface area contributed by atoms with E-state index in [1.807, 2.05) is 0 Å². The summed E-state index contributed by atoms with van der Waals surface area (Å²) in [5.74, 6) is -0.649. The van der Waals surface area contributed by atoms with E-state index in [0.29, 0.717) is 16.8 Å². The van der Waals surface area contributed by atoms with Crippen molar-refractivity contribution in [2.45, 2.75) is 0 Å². The van der Waals surface area contributed by atoms with Crippen molar-refractivity contribution in [3.63, 3.8) is 0 Å². The van der Waals surface area contributed by atoms with Gasteiger partial charge < -0.3 is 14.8 Å². The quantitative estimate of drug-likeness (QED) is 0.780. The van der Waals surface area contributed by atoms with Crippen LogP contribution in [0.4, 0.5) is 0 Å². The van der Waals surface area contributed by atoms with Crippen LogP contribution < -0.4 is 10.3 Å². The highest BCUT2D eigenvalue weighted by Gasteiger charge is 2.01. The number of aromatic amines is 1.